The van der Waals surface area contributed by atoms with Crippen molar-refractivity contribution in [1.82, 2.24) is 9.97 Å². The van der Waals surface area contributed by atoms with Crippen LogP contribution in [0.5, 0.6) is 0 Å². The van der Waals surface area contributed by atoms with Crippen molar-refractivity contribution in [2.75, 3.05) is 11.9 Å². The highest BCUT2D eigenvalue weighted by atomic mass is 14.9. The molecule has 2 N–H and O–H groups in total. The summed E-state index contributed by atoms with van der Waals surface area (Å²) in [6.45, 7) is 3.09. The molecular weight excluding hydrogens is 198 g/mol. The topological polar surface area (TPSA) is 40.7 Å². The van der Waals surface area contributed by atoms with E-state index in [4.69, 9.17) is 0 Å². The number of rotatable bonds is 1. The van der Waals surface area contributed by atoms with Gasteiger partial charge in [-0.3, -0.25) is 0 Å². The Hall–Kier alpha value is -1.77. The third kappa shape index (κ3) is 1.48. The zero-order chi connectivity index (χ0) is 11.0. The predicted octanol–water partition coefficient (Wildman–Crippen LogP) is 2.74. The van der Waals surface area contributed by atoms with Crippen molar-refractivity contribution < 1.29 is 0 Å². The summed E-state index contributed by atoms with van der Waals surface area (Å²) < 4.78 is 0. The van der Waals surface area contributed by atoms with Crippen molar-refractivity contribution in [3.05, 3.63) is 35.7 Å². The summed E-state index contributed by atoms with van der Waals surface area (Å²) in [5.41, 5.74) is 4.94. The highest BCUT2D eigenvalue weighted by Gasteiger charge is 2.14. The number of hydrogen-bond donors (Lipinski definition) is 2. The van der Waals surface area contributed by atoms with Gasteiger partial charge in [-0.2, -0.15) is 0 Å². The molecule has 0 amide bonds. The number of aromatic nitrogens is 2. The lowest BCUT2D eigenvalue weighted by molar-refractivity contribution is 0.830. The van der Waals surface area contributed by atoms with Crippen LogP contribution in [0.2, 0.25) is 0 Å². The summed E-state index contributed by atoms with van der Waals surface area (Å²) in [5, 5.41) is 3.48. The molecule has 2 aromatic rings. The quantitative estimate of drug-likeness (QED) is 0.764. The largest absolute Gasteiger partial charge is 0.384 e. The number of nitrogens with one attached hydrogen (secondary N) is 2. The predicted molar refractivity (Wildman–Crippen MR) is 65.6 cm³/mol. The van der Waals surface area contributed by atoms with E-state index < -0.39 is 0 Å². The van der Waals surface area contributed by atoms with Crippen molar-refractivity contribution in [3.63, 3.8) is 0 Å². The van der Waals surface area contributed by atoms with Crippen molar-refractivity contribution in [2.45, 2.75) is 19.8 Å². The van der Waals surface area contributed by atoms with Gasteiger partial charge in [0.15, 0.2) is 0 Å². The molecule has 16 heavy (non-hydrogen) atoms. The maximum Gasteiger partial charge on any atom is 0.139 e. The zero-order valence-electron chi connectivity index (χ0n) is 9.38. The van der Waals surface area contributed by atoms with Gasteiger partial charge in [-0.1, -0.05) is 12.1 Å². The Balaban J connectivity index is 2.13. The van der Waals surface area contributed by atoms with Crippen LogP contribution in [-0.4, -0.2) is 16.5 Å². The first-order valence-corrected chi connectivity index (χ1v) is 5.72. The van der Waals surface area contributed by atoms with Crippen molar-refractivity contribution >= 4 is 5.69 Å². The fraction of sp³-hybridized carbons (Fsp3) is 0.308. The van der Waals surface area contributed by atoms with Crippen LogP contribution in [0.4, 0.5) is 5.69 Å². The molecule has 0 aliphatic carbocycles. The number of anilines is 1. The van der Waals surface area contributed by atoms with Crippen LogP contribution in [0, 0.1) is 6.92 Å². The summed E-state index contributed by atoms with van der Waals surface area (Å²) in [4.78, 5) is 7.69. The SMILES string of the molecule is Cc1cnc(-c2cccc3c2NCCC3)[nH]1. The minimum Gasteiger partial charge on any atom is -0.384 e. The van der Waals surface area contributed by atoms with E-state index in [1.54, 1.807) is 0 Å². The molecule has 0 spiro atoms. The molecule has 1 aliphatic heterocycles. The van der Waals surface area contributed by atoms with Crippen LogP contribution in [0.1, 0.15) is 17.7 Å². The van der Waals surface area contributed by atoms with Crippen LogP contribution in [0.25, 0.3) is 11.4 Å². The maximum absolute atomic E-state index is 4.40. The summed E-state index contributed by atoms with van der Waals surface area (Å²) in [7, 11) is 0. The average Bonchev–Trinajstić information content (AvgIpc) is 2.75. The van der Waals surface area contributed by atoms with E-state index in [0.29, 0.717) is 0 Å². The Kier molecular flexibility index (Phi) is 2.17. The van der Waals surface area contributed by atoms with Gasteiger partial charge in [0.2, 0.25) is 0 Å². The molecule has 0 unspecified atom stereocenters. The van der Waals surface area contributed by atoms with E-state index in [-0.39, 0.29) is 0 Å². The molecule has 1 aromatic heterocycles. The molecule has 82 valence electrons. The lowest BCUT2D eigenvalue weighted by Crippen LogP contribution is -2.12. The standard InChI is InChI=1S/C13H15N3/c1-9-8-15-13(16-9)11-6-2-4-10-5-3-7-14-12(10)11/h2,4,6,8,14H,3,5,7H2,1H3,(H,15,16). The Labute approximate surface area is 94.9 Å². The molecule has 1 aliphatic rings. The van der Waals surface area contributed by atoms with Crippen LogP contribution in [0.15, 0.2) is 24.4 Å². The van der Waals surface area contributed by atoms with E-state index in [2.05, 4.69) is 33.5 Å². The second kappa shape index (κ2) is 3.67. The van der Waals surface area contributed by atoms with Crippen molar-refractivity contribution in [3.8, 4) is 11.4 Å². The van der Waals surface area contributed by atoms with Gasteiger partial charge in [0.05, 0.1) is 0 Å². The molecule has 2 heterocycles. The highest BCUT2D eigenvalue weighted by molar-refractivity contribution is 5.77. The van der Waals surface area contributed by atoms with Gasteiger partial charge in [0.1, 0.15) is 5.82 Å². The molecular formula is C13H15N3. The molecule has 1 aromatic carbocycles. The van der Waals surface area contributed by atoms with Crippen molar-refractivity contribution in [2.24, 2.45) is 0 Å². The van der Waals surface area contributed by atoms with E-state index in [9.17, 15) is 0 Å². The van der Waals surface area contributed by atoms with Crippen LogP contribution < -0.4 is 5.32 Å². The summed E-state index contributed by atoms with van der Waals surface area (Å²) in [5.74, 6) is 0.962. The van der Waals surface area contributed by atoms with Gasteiger partial charge in [-0.15, -0.1) is 0 Å². The van der Waals surface area contributed by atoms with Gasteiger partial charge in [0, 0.05) is 29.7 Å². The highest BCUT2D eigenvalue weighted by Crippen LogP contribution is 2.32. The second-order valence-electron chi connectivity index (χ2n) is 4.28. The normalized spacial score (nSPS) is 14.3. The molecule has 0 bridgehead atoms. The Morgan fingerprint density at radius 2 is 2.25 bits per heavy atom. The Morgan fingerprint density at radius 1 is 1.31 bits per heavy atom. The van der Waals surface area contributed by atoms with Crippen LogP contribution in [-0.2, 0) is 6.42 Å². The van der Waals surface area contributed by atoms with Gasteiger partial charge < -0.3 is 10.3 Å². The second-order valence-corrected chi connectivity index (χ2v) is 4.28. The smallest absolute Gasteiger partial charge is 0.139 e. The fourth-order valence-electron chi connectivity index (χ4n) is 2.26. The minimum atomic E-state index is 0.962. The molecule has 0 atom stereocenters. The number of benzene rings is 1. The number of para-hydroxylation sites is 1. The first kappa shape index (κ1) is 9.46. The summed E-state index contributed by atoms with van der Waals surface area (Å²) >= 11 is 0. The van der Waals surface area contributed by atoms with Crippen LogP contribution >= 0.6 is 0 Å². The number of hydrogen-bond acceptors (Lipinski definition) is 2. The molecule has 0 radical (unpaired) electrons. The monoisotopic (exact) mass is 213 g/mol. The van der Waals surface area contributed by atoms with Gasteiger partial charge in [-0.25, -0.2) is 4.98 Å². The van der Waals surface area contributed by atoms with E-state index in [0.717, 1.165) is 24.5 Å². The molecule has 3 rings (SSSR count). The number of nitrogens with zero attached hydrogens (tertiary/aromatic N) is 1. The number of aromatic amines is 1. The minimum absolute atomic E-state index is 0.962. The van der Waals surface area contributed by atoms with E-state index >= 15 is 0 Å². The summed E-state index contributed by atoms with van der Waals surface area (Å²) in [6, 6.07) is 6.43. The fourth-order valence-corrected chi connectivity index (χ4v) is 2.26. The molecule has 3 heteroatoms. The Morgan fingerprint density at radius 3 is 3.06 bits per heavy atom. The third-order valence-electron chi connectivity index (χ3n) is 3.03. The van der Waals surface area contributed by atoms with Gasteiger partial charge in [-0.05, 0) is 31.4 Å². The van der Waals surface area contributed by atoms with Gasteiger partial charge >= 0.3 is 0 Å². The zero-order valence-corrected chi connectivity index (χ0v) is 9.38. The number of H-pyrrole nitrogens is 1. The third-order valence-corrected chi connectivity index (χ3v) is 3.03. The Bertz CT molecular complexity index is 514. The molecule has 0 saturated carbocycles. The van der Waals surface area contributed by atoms with E-state index in [1.807, 2.05) is 13.1 Å². The summed E-state index contributed by atoms with van der Waals surface area (Å²) in [6.07, 6.45) is 4.25. The molecule has 0 saturated heterocycles. The first-order chi connectivity index (χ1) is 7.84. The maximum atomic E-state index is 4.40. The number of fused-ring (bicyclic) bond motifs is 1. The molecule has 0 fully saturated rings. The lowest BCUT2D eigenvalue weighted by atomic mass is 9.99. The first-order valence-electron chi connectivity index (χ1n) is 5.72. The van der Waals surface area contributed by atoms with Gasteiger partial charge in [0.25, 0.3) is 0 Å². The molecule has 3 nitrogen and oxygen atoms in total. The lowest BCUT2D eigenvalue weighted by Gasteiger charge is -2.20. The number of imidazole rings is 1. The number of aryl methyl sites for hydroxylation is 2. The van der Waals surface area contributed by atoms with Crippen molar-refractivity contribution in [1.29, 1.82) is 0 Å². The van der Waals surface area contributed by atoms with E-state index in [1.165, 1.54) is 23.2 Å². The van der Waals surface area contributed by atoms with Crippen LogP contribution in [0.3, 0.4) is 0 Å². The average molecular weight is 213 g/mol.